The summed E-state index contributed by atoms with van der Waals surface area (Å²) >= 11 is 0. The summed E-state index contributed by atoms with van der Waals surface area (Å²) in [5.74, 6) is 0.196. The van der Waals surface area contributed by atoms with Crippen molar-refractivity contribution >= 4 is 17.4 Å². The van der Waals surface area contributed by atoms with Crippen molar-refractivity contribution < 1.29 is 14.3 Å². The predicted molar refractivity (Wildman–Crippen MR) is 122 cm³/mol. The average molecular weight is 425 g/mol. The molecule has 160 valence electrons. The highest BCUT2D eigenvalue weighted by molar-refractivity contribution is 6.15. The quantitative estimate of drug-likeness (QED) is 0.638. The molecule has 3 aliphatic rings. The lowest BCUT2D eigenvalue weighted by Gasteiger charge is -2.47. The molecule has 0 bridgehead atoms. The Hall–Kier alpha value is -3.44. The highest BCUT2D eigenvalue weighted by atomic mass is 16.5. The fraction of sp³-hybridized carbons (Fsp3) is 0.259. The molecule has 2 spiro atoms. The number of benzene rings is 3. The number of hydrogen-bond acceptors (Lipinski definition) is 4. The summed E-state index contributed by atoms with van der Waals surface area (Å²) in [5, 5.41) is 3.07. The van der Waals surface area contributed by atoms with Gasteiger partial charge < -0.3 is 10.1 Å². The Kier molecular flexibility index (Phi) is 3.93. The lowest BCUT2D eigenvalue weighted by molar-refractivity contribution is -0.131. The minimum absolute atomic E-state index is 0.0267. The number of likely N-dealkylation sites (tertiary alicyclic amines) is 1. The van der Waals surface area contributed by atoms with Gasteiger partial charge in [0.2, 0.25) is 0 Å². The molecule has 3 heterocycles. The van der Waals surface area contributed by atoms with Crippen LogP contribution in [0.5, 0.6) is 5.75 Å². The highest BCUT2D eigenvalue weighted by Gasteiger charge is 2.75. The third-order valence-electron chi connectivity index (χ3n) is 7.64. The van der Waals surface area contributed by atoms with E-state index in [1.807, 2.05) is 62.5 Å². The fourth-order valence-electron chi connectivity index (χ4n) is 6.22. The van der Waals surface area contributed by atoms with Crippen LogP contribution in [0.3, 0.4) is 0 Å². The SMILES string of the molecule is Cc1ccc([C@@H]2CN(C)[C@]3(C(=O)Nc4ccccc43)[C@]23COc2ccccc2C3=O)cc1. The molecule has 0 radical (unpaired) electrons. The molecular formula is C27H24N2O3. The first kappa shape index (κ1) is 19.3. The number of likely N-dealkylation sites (N-methyl/N-ethyl adjacent to an activating group) is 1. The van der Waals surface area contributed by atoms with E-state index in [4.69, 9.17) is 4.74 Å². The summed E-state index contributed by atoms with van der Waals surface area (Å²) in [4.78, 5) is 30.4. The summed E-state index contributed by atoms with van der Waals surface area (Å²) in [6.45, 7) is 2.77. The molecule has 0 aliphatic carbocycles. The maximum Gasteiger partial charge on any atom is 0.250 e. The van der Waals surface area contributed by atoms with Crippen LogP contribution in [0.2, 0.25) is 0 Å². The number of ether oxygens (including phenoxy) is 1. The van der Waals surface area contributed by atoms with Crippen molar-refractivity contribution in [3.63, 3.8) is 0 Å². The van der Waals surface area contributed by atoms with Crippen LogP contribution in [-0.4, -0.2) is 36.8 Å². The lowest BCUT2D eigenvalue weighted by atomic mass is 9.57. The van der Waals surface area contributed by atoms with Crippen molar-refractivity contribution in [3.05, 3.63) is 95.1 Å². The highest BCUT2D eigenvalue weighted by Crippen LogP contribution is 2.64. The first-order chi connectivity index (χ1) is 15.5. The number of anilines is 1. The number of ketones is 1. The molecule has 1 saturated heterocycles. The van der Waals surface area contributed by atoms with E-state index in [0.29, 0.717) is 17.9 Å². The van der Waals surface area contributed by atoms with E-state index >= 15 is 0 Å². The number of para-hydroxylation sites is 2. The molecule has 32 heavy (non-hydrogen) atoms. The van der Waals surface area contributed by atoms with Crippen LogP contribution < -0.4 is 10.1 Å². The summed E-state index contributed by atoms with van der Waals surface area (Å²) in [7, 11) is 1.95. The van der Waals surface area contributed by atoms with Gasteiger partial charge in [-0.25, -0.2) is 0 Å². The van der Waals surface area contributed by atoms with Crippen molar-refractivity contribution in [3.8, 4) is 5.75 Å². The Bertz CT molecular complexity index is 1270. The maximum absolute atomic E-state index is 14.5. The van der Waals surface area contributed by atoms with E-state index < -0.39 is 11.0 Å². The second-order valence-corrected chi connectivity index (χ2v) is 9.14. The minimum Gasteiger partial charge on any atom is -0.492 e. The molecule has 6 rings (SSSR count). The third-order valence-corrected chi connectivity index (χ3v) is 7.64. The van der Waals surface area contributed by atoms with Crippen molar-refractivity contribution in [2.75, 3.05) is 25.5 Å². The van der Waals surface area contributed by atoms with E-state index in [0.717, 1.165) is 22.4 Å². The fourth-order valence-corrected chi connectivity index (χ4v) is 6.22. The van der Waals surface area contributed by atoms with Crippen LogP contribution in [0.25, 0.3) is 0 Å². The molecule has 3 aromatic carbocycles. The second-order valence-electron chi connectivity index (χ2n) is 9.14. The van der Waals surface area contributed by atoms with Gasteiger partial charge in [-0.1, -0.05) is 60.2 Å². The average Bonchev–Trinajstić information content (AvgIpc) is 3.25. The monoisotopic (exact) mass is 424 g/mol. The number of nitrogens with zero attached hydrogens (tertiary/aromatic N) is 1. The third kappa shape index (κ3) is 2.16. The molecule has 0 unspecified atom stereocenters. The van der Waals surface area contributed by atoms with Gasteiger partial charge in [0.05, 0.1) is 5.56 Å². The summed E-state index contributed by atoms with van der Waals surface area (Å²) in [5.41, 5.74) is 2.12. The van der Waals surface area contributed by atoms with Crippen LogP contribution in [0.4, 0.5) is 5.69 Å². The number of carbonyl (C=O) groups is 2. The molecule has 0 aromatic heterocycles. The zero-order valence-electron chi connectivity index (χ0n) is 18.1. The Morgan fingerprint density at radius 1 is 0.969 bits per heavy atom. The molecule has 1 fully saturated rings. The number of rotatable bonds is 1. The van der Waals surface area contributed by atoms with E-state index in [2.05, 4.69) is 34.5 Å². The van der Waals surface area contributed by atoms with Gasteiger partial charge in [0, 0.05) is 23.7 Å². The van der Waals surface area contributed by atoms with Crippen molar-refractivity contribution in [1.29, 1.82) is 0 Å². The van der Waals surface area contributed by atoms with Gasteiger partial charge in [-0.05, 0) is 37.7 Å². The predicted octanol–water partition coefficient (Wildman–Crippen LogP) is 4.13. The number of carbonyl (C=O) groups excluding carboxylic acids is 2. The molecule has 5 nitrogen and oxygen atoms in total. The Balaban J connectivity index is 1.67. The molecule has 1 amide bonds. The van der Waals surface area contributed by atoms with Crippen molar-refractivity contribution in [2.45, 2.75) is 18.4 Å². The van der Waals surface area contributed by atoms with E-state index in [-0.39, 0.29) is 24.2 Å². The van der Waals surface area contributed by atoms with E-state index in [9.17, 15) is 9.59 Å². The molecule has 3 aromatic rings. The van der Waals surface area contributed by atoms with E-state index in [1.54, 1.807) is 0 Å². The van der Waals surface area contributed by atoms with Crippen molar-refractivity contribution in [2.24, 2.45) is 5.41 Å². The molecule has 3 aliphatic heterocycles. The largest absolute Gasteiger partial charge is 0.492 e. The number of hydrogen-bond donors (Lipinski definition) is 1. The van der Waals surface area contributed by atoms with Crippen LogP contribution >= 0.6 is 0 Å². The molecular weight excluding hydrogens is 400 g/mol. The Morgan fingerprint density at radius 3 is 2.50 bits per heavy atom. The first-order valence-corrected chi connectivity index (χ1v) is 11.0. The number of Topliss-reactive ketones (excluding diaryl/α,β-unsaturated/α-hetero) is 1. The minimum atomic E-state index is -1.15. The van der Waals surface area contributed by atoms with Gasteiger partial charge in [0.15, 0.2) is 5.78 Å². The first-order valence-electron chi connectivity index (χ1n) is 11.0. The molecule has 5 heteroatoms. The van der Waals surface area contributed by atoms with Crippen LogP contribution in [0.15, 0.2) is 72.8 Å². The van der Waals surface area contributed by atoms with Crippen LogP contribution in [-0.2, 0) is 10.3 Å². The van der Waals surface area contributed by atoms with Gasteiger partial charge in [-0.15, -0.1) is 0 Å². The molecule has 0 saturated carbocycles. The standard InChI is InChI=1S/C27H24N2O3/c1-17-11-13-18(14-12-17)21-15-29(2)27(20-8-4-5-9-22(20)28-25(27)31)26(21)16-32-23-10-6-3-7-19(23)24(26)30/h3-14,21H,15-16H2,1-2H3,(H,28,31)/t21-,26+,27+/m0/s1. The zero-order chi connectivity index (χ0) is 22.1. The topological polar surface area (TPSA) is 58.6 Å². The smallest absolute Gasteiger partial charge is 0.250 e. The number of amides is 1. The summed E-state index contributed by atoms with van der Waals surface area (Å²) in [6, 6.07) is 23.4. The number of nitrogens with one attached hydrogen (secondary N) is 1. The van der Waals surface area contributed by atoms with Crippen LogP contribution in [0.1, 0.15) is 33.0 Å². The number of aryl methyl sites for hydroxylation is 1. The van der Waals surface area contributed by atoms with Crippen LogP contribution in [0, 0.1) is 12.3 Å². The van der Waals surface area contributed by atoms with Gasteiger partial charge in [-0.2, -0.15) is 0 Å². The zero-order valence-corrected chi connectivity index (χ0v) is 18.1. The maximum atomic E-state index is 14.5. The normalized spacial score (nSPS) is 28.5. The lowest BCUT2D eigenvalue weighted by Crippen LogP contribution is -2.62. The molecule has 3 atom stereocenters. The van der Waals surface area contributed by atoms with E-state index in [1.165, 1.54) is 0 Å². The van der Waals surface area contributed by atoms with Gasteiger partial charge in [-0.3, -0.25) is 14.5 Å². The summed E-state index contributed by atoms with van der Waals surface area (Å²) in [6.07, 6.45) is 0. The van der Waals surface area contributed by atoms with Gasteiger partial charge in [0.25, 0.3) is 5.91 Å². The Morgan fingerprint density at radius 2 is 1.69 bits per heavy atom. The van der Waals surface area contributed by atoms with Crippen molar-refractivity contribution in [1.82, 2.24) is 4.90 Å². The van der Waals surface area contributed by atoms with Gasteiger partial charge in [0.1, 0.15) is 23.3 Å². The van der Waals surface area contributed by atoms with Gasteiger partial charge >= 0.3 is 0 Å². The summed E-state index contributed by atoms with van der Waals surface area (Å²) < 4.78 is 6.28. The molecule has 1 N–H and O–H groups in total. The Labute approximate surface area is 187 Å². The second kappa shape index (κ2) is 6.53. The number of fused-ring (bicyclic) bond motifs is 4.